The number of urea groups is 1. The Balaban J connectivity index is 1.36. The Kier molecular flexibility index (Phi) is 5.06. The highest BCUT2D eigenvalue weighted by atomic mass is 16.5. The Morgan fingerprint density at radius 3 is 2.45 bits per heavy atom. The van der Waals surface area contributed by atoms with E-state index in [1.54, 1.807) is 24.3 Å². The molecule has 0 N–H and O–H groups in total. The number of carbonyl (C=O) groups excluding carboxylic acids is 3. The van der Waals surface area contributed by atoms with E-state index in [0.29, 0.717) is 41.5 Å². The SMILES string of the molecule is COC(=O)c1ccc(N2C(=O)C3CC4C(CC5C(C(C)C)CCCC45)CN3C2=O)cc1. The van der Waals surface area contributed by atoms with Gasteiger partial charge in [-0.15, -0.1) is 0 Å². The number of rotatable bonds is 3. The lowest BCUT2D eigenvalue weighted by atomic mass is 9.67. The quantitative estimate of drug-likeness (QED) is 0.535. The molecule has 31 heavy (non-hydrogen) atoms. The van der Waals surface area contributed by atoms with Crippen molar-refractivity contribution in [3.05, 3.63) is 29.8 Å². The number of ether oxygens (including phenoxy) is 1. The topological polar surface area (TPSA) is 66.9 Å². The summed E-state index contributed by atoms with van der Waals surface area (Å²) in [5.41, 5.74) is 0.929. The molecule has 6 heteroatoms. The second kappa shape index (κ2) is 7.64. The van der Waals surface area contributed by atoms with Crippen LogP contribution in [0.25, 0.3) is 0 Å². The van der Waals surface area contributed by atoms with Gasteiger partial charge in [0.05, 0.1) is 18.4 Å². The van der Waals surface area contributed by atoms with Crippen LogP contribution >= 0.6 is 0 Å². The normalized spacial score (nSPS) is 34.6. The average Bonchev–Trinajstić information content (AvgIpc) is 3.26. The highest BCUT2D eigenvalue weighted by Gasteiger charge is 2.57. The first-order valence-electron chi connectivity index (χ1n) is 11.7. The predicted octanol–water partition coefficient (Wildman–Crippen LogP) is 4.34. The van der Waals surface area contributed by atoms with Crippen molar-refractivity contribution in [1.29, 1.82) is 0 Å². The largest absolute Gasteiger partial charge is 0.465 e. The van der Waals surface area contributed by atoms with Gasteiger partial charge >= 0.3 is 12.0 Å². The molecule has 4 fully saturated rings. The lowest BCUT2D eigenvalue weighted by Crippen LogP contribution is -2.46. The second-order valence-corrected chi connectivity index (χ2v) is 10.2. The molecule has 4 aliphatic rings. The monoisotopic (exact) mass is 424 g/mol. The molecule has 2 saturated heterocycles. The molecule has 0 spiro atoms. The zero-order valence-electron chi connectivity index (χ0n) is 18.6. The van der Waals surface area contributed by atoms with E-state index in [1.165, 1.54) is 37.7 Å². The molecule has 2 aliphatic carbocycles. The number of fused-ring (bicyclic) bond motifs is 4. The third kappa shape index (κ3) is 3.17. The lowest BCUT2D eigenvalue weighted by Gasteiger charge is -2.40. The van der Waals surface area contributed by atoms with Crippen LogP contribution in [0.2, 0.25) is 0 Å². The molecule has 6 atom stereocenters. The molecule has 2 heterocycles. The number of hydrogen-bond donors (Lipinski definition) is 0. The summed E-state index contributed by atoms with van der Waals surface area (Å²) < 4.78 is 4.73. The van der Waals surface area contributed by atoms with E-state index in [1.807, 2.05) is 4.90 Å². The van der Waals surface area contributed by atoms with Gasteiger partial charge in [0.1, 0.15) is 6.04 Å². The average molecular weight is 425 g/mol. The zero-order valence-corrected chi connectivity index (χ0v) is 18.6. The molecule has 0 bridgehead atoms. The Morgan fingerprint density at radius 1 is 1.03 bits per heavy atom. The minimum Gasteiger partial charge on any atom is -0.465 e. The van der Waals surface area contributed by atoms with Crippen molar-refractivity contribution in [3.63, 3.8) is 0 Å². The lowest BCUT2D eigenvalue weighted by molar-refractivity contribution is -0.121. The molecule has 0 radical (unpaired) electrons. The number of hydrogen-bond acceptors (Lipinski definition) is 4. The standard InChI is InChI=1S/C25H32N2O4/c1-14(2)18-5-4-6-19-20-12-22-23(28)27(17-9-7-15(8-10-17)24(29)31-3)25(30)26(22)13-16(20)11-21(18)19/h7-10,14,16,18-22H,4-6,11-13H2,1-3H3. The van der Waals surface area contributed by atoms with E-state index in [2.05, 4.69) is 13.8 Å². The Morgan fingerprint density at radius 2 is 1.77 bits per heavy atom. The van der Waals surface area contributed by atoms with Crippen molar-refractivity contribution in [1.82, 2.24) is 4.90 Å². The molecule has 1 aromatic rings. The number of amides is 3. The Bertz CT molecular complexity index is 895. The summed E-state index contributed by atoms with van der Waals surface area (Å²) in [6.07, 6.45) is 5.92. The minimum atomic E-state index is -0.433. The first kappa shape index (κ1) is 20.5. The van der Waals surface area contributed by atoms with Gasteiger partial charge in [0.25, 0.3) is 5.91 Å². The Hall–Kier alpha value is -2.37. The second-order valence-electron chi connectivity index (χ2n) is 10.2. The molecular weight excluding hydrogens is 392 g/mol. The van der Waals surface area contributed by atoms with E-state index in [0.717, 1.165) is 18.3 Å². The van der Waals surface area contributed by atoms with Crippen molar-refractivity contribution in [3.8, 4) is 0 Å². The fourth-order valence-electron chi connectivity index (χ4n) is 7.18. The summed E-state index contributed by atoms with van der Waals surface area (Å²) in [6.45, 7) is 5.40. The molecule has 3 amide bonds. The predicted molar refractivity (Wildman–Crippen MR) is 117 cm³/mol. The first-order valence-corrected chi connectivity index (χ1v) is 11.7. The third-order valence-electron chi connectivity index (χ3n) is 8.55. The summed E-state index contributed by atoms with van der Waals surface area (Å²) >= 11 is 0. The molecule has 2 saturated carbocycles. The number of imide groups is 1. The van der Waals surface area contributed by atoms with Gasteiger partial charge in [-0.2, -0.15) is 0 Å². The van der Waals surface area contributed by atoms with Gasteiger partial charge in [0.15, 0.2) is 0 Å². The third-order valence-corrected chi connectivity index (χ3v) is 8.55. The molecule has 2 aliphatic heterocycles. The van der Waals surface area contributed by atoms with Gasteiger partial charge in [0, 0.05) is 6.54 Å². The van der Waals surface area contributed by atoms with Crippen molar-refractivity contribution < 1.29 is 19.1 Å². The molecule has 0 aromatic heterocycles. The number of anilines is 1. The molecular formula is C25H32N2O4. The summed E-state index contributed by atoms with van der Waals surface area (Å²) in [4.78, 5) is 41.4. The first-order chi connectivity index (χ1) is 14.9. The molecule has 5 rings (SSSR count). The number of nitrogens with zero attached hydrogens (tertiary/aromatic N) is 2. The van der Waals surface area contributed by atoms with E-state index < -0.39 is 5.97 Å². The highest BCUT2D eigenvalue weighted by Crippen LogP contribution is 2.56. The van der Waals surface area contributed by atoms with E-state index in [9.17, 15) is 14.4 Å². The van der Waals surface area contributed by atoms with Crippen LogP contribution in [0.4, 0.5) is 10.5 Å². The fraction of sp³-hybridized carbons (Fsp3) is 0.640. The number of esters is 1. The van der Waals surface area contributed by atoms with Crippen LogP contribution in [0, 0.1) is 35.5 Å². The maximum atomic E-state index is 13.3. The fourth-order valence-corrected chi connectivity index (χ4v) is 7.18. The summed E-state index contributed by atoms with van der Waals surface area (Å²) in [5.74, 6) is 3.50. The number of piperidine rings is 1. The van der Waals surface area contributed by atoms with Crippen molar-refractivity contribution in [2.45, 2.75) is 52.0 Å². The summed E-state index contributed by atoms with van der Waals surface area (Å²) in [7, 11) is 1.33. The molecule has 166 valence electrons. The van der Waals surface area contributed by atoms with Crippen LogP contribution < -0.4 is 4.90 Å². The summed E-state index contributed by atoms with van der Waals surface area (Å²) in [5, 5.41) is 0. The van der Waals surface area contributed by atoms with Crippen molar-refractivity contribution in [2.24, 2.45) is 35.5 Å². The molecule has 6 unspecified atom stereocenters. The maximum Gasteiger partial charge on any atom is 0.337 e. The molecule has 6 nitrogen and oxygen atoms in total. The van der Waals surface area contributed by atoms with E-state index >= 15 is 0 Å². The number of methoxy groups -OCH3 is 1. The van der Waals surface area contributed by atoms with Gasteiger partial charge in [-0.3, -0.25) is 4.79 Å². The Labute approximate surface area is 183 Å². The highest BCUT2D eigenvalue weighted by molar-refractivity contribution is 6.21. The maximum absolute atomic E-state index is 13.3. The minimum absolute atomic E-state index is 0.117. The van der Waals surface area contributed by atoms with Crippen LogP contribution in [-0.2, 0) is 9.53 Å². The van der Waals surface area contributed by atoms with Crippen LogP contribution in [0.15, 0.2) is 24.3 Å². The molecule has 1 aromatic carbocycles. The summed E-state index contributed by atoms with van der Waals surface area (Å²) in [6, 6.07) is 5.97. The van der Waals surface area contributed by atoms with Gasteiger partial charge < -0.3 is 9.64 Å². The van der Waals surface area contributed by atoms with Gasteiger partial charge in [-0.1, -0.05) is 20.3 Å². The van der Waals surface area contributed by atoms with E-state index in [-0.39, 0.29) is 18.0 Å². The van der Waals surface area contributed by atoms with Crippen molar-refractivity contribution in [2.75, 3.05) is 18.6 Å². The van der Waals surface area contributed by atoms with Crippen LogP contribution in [-0.4, -0.2) is 42.5 Å². The van der Waals surface area contributed by atoms with E-state index in [4.69, 9.17) is 4.74 Å². The van der Waals surface area contributed by atoms with Crippen molar-refractivity contribution >= 4 is 23.6 Å². The van der Waals surface area contributed by atoms with Gasteiger partial charge in [-0.05, 0) is 85.5 Å². The zero-order chi connectivity index (χ0) is 21.9. The number of carbonyl (C=O) groups is 3. The smallest absolute Gasteiger partial charge is 0.337 e. The van der Waals surface area contributed by atoms with Crippen LogP contribution in [0.3, 0.4) is 0 Å². The van der Waals surface area contributed by atoms with Crippen LogP contribution in [0.5, 0.6) is 0 Å². The van der Waals surface area contributed by atoms with Gasteiger partial charge in [0.2, 0.25) is 0 Å². The number of benzene rings is 1. The van der Waals surface area contributed by atoms with Gasteiger partial charge in [-0.25, -0.2) is 14.5 Å². The van der Waals surface area contributed by atoms with Crippen LogP contribution in [0.1, 0.15) is 56.3 Å².